The van der Waals surface area contributed by atoms with Gasteiger partial charge in [0.15, 0.2) is 5.82 Å². The molecule has 0 bridgehead atoms. The van der Waals surface area contributed by atoms with Gasteiger partial charge >= 0.3 is 0 Å². The second-order valence-corrected chi connectivity index (χ2v) is 5.59. The van der Waals surface area contributed by atoms with Crippen LogP contribution < -0.4 is 0 Å². The van der Waals surface area contributed by atoms with Crippen LogP contribution in [0.4, 0.5) is 0 Å². The van der Waals surface area contributed by atoms with Gasteiger partial charge in [0.2, 0.25) is 4.77 Å². The molecule has 0 fully saturated rings. The zero-order chi connectivity index (χ0) is 16.2. The summed E-state index contributed by atoms with van der Waals surface area (Å²) in [5.41, 5.74) is 1.67. The molecule has 1 N–H and O–H groups in total. The summed E-state index contributed by atoms with van der Waals surface area (Å²) >= 11 is 11.5. The first-order valence-electron chi connectivity index (χ1n) is 6.83. The summed E-state index contributed by atoms with van der Waals surface area (Å²) in [5, 5.41) is 11.9. The molecule has 0 saturated heterocycles. The minimum absolute atomic E-state index is 0.391. The van der Waals surface area contributed by atoms with Gasteiger partial charge in [0.25, 0.3) is 0 Å². The Morgan fingerprint density at radius 2 is 2.17 bits per heavy atom. The average Bonchev–Trinajstić information content (AvgIpc) is 3.16. The van der Waals surface area contributed by atoms with Crippen LogP contribution in [0.25, 0.3) is 17.5 Å². The van der Waals surface area contributed by atoms with Gasteiger partial charge < -0.3 is 4.42 Å². The largest absolute Gasteiger partial charge is 0.465 e. The Morgan fingerprint density at radius 1 is 1.35 bits per heavy atom. The Bertz CT molecular complexity index is 922. The van der Waals surface area contributed by atoms with Crippen molar-refractivity contribution < 1.29 is 4.42 Å². The molecule has 0 atom stereocenters. The van der Waals surface area contributed by atoms with E-state index in [0.29, 0.717) is 15.6 Å². The SMILES string of the molecule is CC(/C=N/n1c(-c2ccccc2Cl)n[nH]c1=S)=C\c1ccco1. The Morgan fingerprint density at radius 3 is 2.91 bits per heavy atom. The van der Waals surface area contributed by atoms with E-state index in [0.717, 1.165) is 16.9 Å². The van der Waals surface area contributed by atoms with E-state index in [1.807, 2.05) is 43.3 Å². The molecule has 3 rings (SSSR count). The normalized spacial score (nSPS) is 12.2. The first-order valence-corrected chi connectivity index (χ1v) is 7.62. The maximum atomic E-state index is 6.22. The Kier molecular flexibility index (Phi) is 4.55. The molecule has 2 heterocycles. The average molecular weight is 345 g/mol. The monoisotopic (exact) mass is 344 g/mol. The van der Waals surface area contributed by atoms with E-state index in [-0.39, 0.29) is 0 Å². The lowest BCUT2D eigenvalue weighted by Gasteiger charge is -2.02. The molecular formula is C16H13ClN4OS. The number of aromatic amines is 1. The van der Waals surface area contributed by atoms with Crippen LogP contribution >= 0.6 is 23.8 Å². The number of allylic oxidation sites excluding steroid dienone is 1. The van der Waals surface area contributed by atoms with Crippen molar-refractivity contribution in [2.45, 2.75) is 6.92 Å². The quantitative estimate of drug-likeness (QED) is 0.546. The summed E-state index contributed by atoms with van der Waals surface area (Å²) in [7, 11) is 0. The third-order valence-corrected chi connectivity index (χ3v) is 3.65. The topological polar surface area (TPSA) is 59.1 Å². The number of aromatic nitrogens is 3. The van der Waals surface area contributed by atoms with Crippen LogP contribution in [-0.2, 0) is 0 Å². The van der Waals surface area contributed by atoms with Crippen LogP contribution in [0.5, 0.6) is 0 Å². The van der Waals surface area contributed by atoms with Crippen LogP contribution in [0, 0.1) is 4.77 Å². The molecule has 0 aliphatic heterocycles. The van der Waals surface area contributed by atoms with Crippen molar-refractivity contribution in [1.29, 1.82) is 0 Å². The fraction of sp³-hybridized carbons (Fsp3) is 0.0625. The molecule has 3 aromatic rings. The minimum atomic E-state index is 0.391. The van der Waals surface area contributed by atoms with Crippen molar-refractivity contribution in [2.24, 2.45) is 5.10 Å². The highest BCUT2D eigenvalue weighted by atomic mass is 35.5. The Labute approximate surface area is 142 Å². The lowest BCUT2D eigenvalue weighted by molar-refractivity contribution is 0.557. The predicted molar refractivity (Wildman–Crippen MR) is 94.1 cm³/mol. The first-order chi connectivity index (χ1) is 11.1. The van der Waals surface area contributed by atoms with Gasteiger partial charge in [-0.25, -0.2) is 5.10 Å². The smallest absolute Gasteiger partial charge is 0.216 e. The van der Waals surface area contributed by atoms with E-state index in [4.69, 9.17) is 28.2 Å². The number of H-pyrrole nitrogens is 1. The summed E-state index contributed by atoms with van der Waals surface area (Å²) in [6, 6.07) is 11.1. The van der Waals surface area contributed by atoms with E-state index in [2.05, 4.69) is 15.3 Å². The van der Waals surface area contributed by atoms with E-state index in [1.54, 1.807) is 18.5 Å². The highest BCUT2D eigenvalue weighted by Gasteiger charge is 2.11. The lowest BCUT2D eigenvalue weighted by Crippen LogP contribution is -1.95. The number of rotatable bonds is 4. The number of furan rings is 1. The van der Waals surface area contributed by atoms with E-state index >= 15 is 0 Å². The Balaban J connectivity index is 1.95. The molecule has 5 nitrogen and oxygen atoms in total. The summed E-state index contributed by atoms with van der Waals surface area (Å²) in [4.78, 5) is 0. The lowest BCUT2D eigenvalue weighted by atomic mass is 10.2. The molecule has 0 aliphatic rings. The van der Waals surface area contributed by atoms with Crippen molar-refractivity contribution >= 4 is 36.1 Å². The van der Waals surface area contributed by atoms with Crippen molar-refractivity contribution in [2.75, 3.05) is 0 Å². The van der Waals surface area contributed by atoms with Gasteiger partial charge in [-0.05, 0) is 55.1 Å². The maximum absolute atomic E-state index is 6.22. The summed E-state index contributed by atoms with van der Waals surface area (Å²) in [5.74, 6) is 1.32. The molecule has 2 aromatic heterocycles. The van der Waals surface area contributed by atoms with Crippen LogP contribution in [0.3, 0.4) is 0 Å². The van der Waals surface area contributed by atoms with Crippen LogP contribution in [0.2, 0.25) is 5.02 Å². The van der Waals surface area contributed by atoms with Gasteiger partial charge in [-0.3, -0.25) is 0 Å². The summed E-state index contributed by atoms with van der Waals surface area (Å²) < 4.78 is 7.20. The minimum Gasteiger partial charge on any atom is -0.465 e. The molecular weight excluding hydrogens is 332 g/mol. The Hall–Kier alpha value is -2.44. The maximum Gasteiger partial charge on any atom is 0.216 e. The molecule has 1 aromatic carbocycles. The van der Waals surface area contributed by atoms with E-state index < -0.39 is 0 Å². The van der Waals surface area contributed by atoms with Crippen molar-refractivity contribution in [3.8, 4) is 11.4 Å². The molecule has 0 spiro atoms. The summed E-state index contributed by atoms with van der Waals surface area (Å²) in [6.45, 7) is 1.92. The first kappa shape index (κ1) is 15.5. The van der Waals surface area contributed by atoms with Crippen molar-refractivity contribution in [3.05, 3.63) is 63.8 Å². The second-order valence-electron chi connectivity index (χ2n) is 4.79. The van der Waals surface area contributed by atoms with Gasteiger partial charge in [-0.1, -0.05) is 23.7 Å². The number of hydrogen-bond acceptors (Lipinski definition) is 4. The molecule has 0 radical (unpaired) electrons. The third kappa shape index (κ3) is 3.49. The van der Waals surface area contributed by atoms with Gasteiger partial charge in [0, 0.05) is 5.56 Å². The standard InChI is InChI=1S/C16H13ClN4OS/c1-11(9-12-5-4-8-22-12)10-18-21-15(19-20-16(21)23)13-6-2-3-7-14(13)17/h2-10H,1H3,(H,20,23)/b11-9+,18-10+. The number of nitrogens with one attached hydrogen (secondary N) is 1. The fourth-order valence-corrected chi connectivity index (χ4v) is 2.40. The van der Waals surface area contributed by atoms with E-state index in [9.17, 15) is 0 Å². The van der Waals surface area contributed by atoms with Crippen molar-refractivity contribution in [3.63, 3.8) is 0 Å². The fourth-order valence-electron chi connectivity index (χ4n) is 2.00. The van der Waals surface area contributed by atoms with Gasteiger partial charge in [-0.2, -0.15) is 14.9 Å². The van der Waals surface area contributed by atoms with Gasteiger partial charge in [0.1, 0.15) is 5.76 Å². The number of halogens is 1. The number of benzene rings is 1. The van der Waals surface area contributed by atoms with Crippen LogP contribution in [0.1, 0.15) is 12.7 Å². The predicted octanol–water partition coefficient (Wildman–Crippen LogP) is 4.79. The second kappa shape index (κ2) is 6.76. The number of nitrogens with zero attached hydrogens (tertiary/aromatic N) is 3. The molecule has 116 valence electrons. The number of hydrogen-bond donors (Lipinski definition) is 1. The van der Waals surface area contributed by atoms with Gasteiger partial charge in [0.05, 0.1) is 17.5 Å². The molecule has 0 aliphatic carbocycles. The van der Waals surface area contributed by atoms with Crippen LogP contribution in [-0.4, -0.2) is 21.1 Å². The molecule has 7 heteroatoms. The highest BCUT2D eigenvalue weighted by Crippen LogP contribution is 2.25. The van der Waals surface area contributed by atoms with Crippen LogP contribution in [0.15, 0.2) is 57.8 Å². The molecule has 23 heavy (non-hydrogen) atoms. The van der Waals surface area contributed by atoms with Gasteiger partial charge in [-0.15, -0.1) is 0 Å². The highest BCUT2D eigenvalue weighted by molar-refractivity contribution is 7.71. The summed E-state index contributed by atoms with van der Waals surface area (Å²) in [6.07, 6.45) is 5.19. The third-order valence-electron chi connectivity index (χ3n) is 3.06. The molecule has 0 saturated carbocycles. The van der Waals surface area contributed by atoms with E-state index in [1.165, 1.54) is 4.68 Å². The molecule has 0 amide bonds. The molecule has 0 unspecified atom stereocenters. The zero-order valence-electron chi connectivity index (χ0n) is 12.2. The van der Waals surface area contributed by atoms with Crippen molar-refractivity contribution in [1.82, 2.24) is 14.9 Å². The zero-order valence-corrected chi connectivity index (χ0v) is 13.8.